The molecule has 1 saturated carbocycles. The molecule has 0 aliphatic heterocycles. The molecule has 2 N–H and O–H groups in total. The van der Waals surface area contributed by atoms with E-state index in [1.165, 1.54) is 10.8 Å². The van der Waals surface area contributed by atoms with Gasteiger partial charge in [-0.05, 0) is 42.7 Å². The molecule has 0 radical (unpaired) electrons. The number of fused-ring (bicyclic) bond motifs is 1. The molecule has 4 heteroatoms. The minimum atomic E-state index is -0.864. The molecule has 2 aromatic carbocycles. The van der Waals surface area contributed by atoms with Gasteiger partial charge in [-0.1, -0.05) is 30.3 Å². The van der Waals surface area contributed by atoms with Crippen LogP contribution in [-0.4, -0.2) is 28.4 Å². The summed E-state index contributed by atoms with van der Waals surface area (Å²) < 4.78 is 0. The molecule has 3 nitrogen and oxygen atoms in total. The normalized spacial score (nSPS) is 17.6. The SMILES string of the molecule is CC(CSc1ccc2ccccc2c1)(NC1CC1)C(=O)O. The zero-order valence-corrected chi connectivity index (χ0v) is 12.8. The van der Waals surface area contributed by atoms with E-state index in [1.807, 2.05) is 12.1 Å². The maximum absolute atomic E-state index is 11.5. The lowest BCUT2D eigenvalue weighted by Crippen LogP contribution is -2.52. The molecule has 2 aromatic rings. The Kier molecular flexibility index (Phi) is 3.91. The molecule has 1 aliphatic rings. The van der Waals surface area contributed by atoms with Crippen LogP contribution in [0.4, 0.5) is 0 Å². The van der Waals surface area contributed by atoms with Gasteiger partial charge in [0, 0.05) is 16.7 Å². The lowest BCUT2D eigenvalue weighted by atomic mass is 10.1. The minimum absolute atomic E-state index is 0.378. The van der Waals surface area contributed by atoms with E-state index >= 15 is 0 Å². The highest BCUT2D eigenvalue weighted by Gasteiger charge is 2.38. The highest BCUT2D eigenvalue weighted by Crippen LogP contribution is 2.29. The van der Waals surface area contributed by atoms with Crippen LogP contribution in [0.2, 0.25) is 0 Å². The van der Waals surface area contributed by atoms with Crippen LogP contribution in [0.15, 0.2) is 47.4 Å². The maximum Gasteiger partial charge on any atom is 0.324 e. The van der Waals surface area contributed by atoms with Gasteiger partial charge in [-0.3, -0.25) is 10.1 Å². The average molecular weight is 301 g/mol. The van der Waals surface area contributed by atoms with Crippen molar-refractivity contribution < 1.29 is 9.90 Å². The molecular formula is C17H19NO2S. The Hall–Kier alpha value is -1.52. The molecule has 0 saturated heterocycles. The van der Waals surface area contributed by atoms with Crippen LogP contribution in [-0.2, 0) is 4.79 Å². The summed E-state index contributed by atoms with van der Waals surface area (Å²) in [6.07, 6.45) is 2.17. The van der Waals surface area contributed by atoms with Crippen molar-refractivity contribution in [1.29, 1.82) is 0 Å². The number of carbonyl (C=O) groups is 1. The quantitative estimate of drug-likeness (QED) is 0.801. The molecule has 0 heterocycles. The smallest absolute Gasteiger partial charge is 0.324 e. The van der Waals surface area contributed by atoms with Gasteiger partial charge in [0.15, 0.2) is 0 Å². The van der Waals surface area contributed by atoms with Gasteiger partial charge in [-0.15, -0.1) is 11.8 Å². The maximum atomic E-state index is 11.5. The second kappa shape index (κ2) is 5.70. The summed E-state index contributed by atoms with van der Waals surface area (Å²) in [6, 6.07) is 14.9. The van der Waals surface area contributed by atoms with Crippen LogP contribution >= 0.6 is 11.8 Å². The second-order valence-corrected chi connectivity index (χ2v) is 6.90. The lowest BCUT2D eigenvalue weighted by molar-refractivity contribution is -0.143. The van der Waals surface area contributed by atoms with Gasteiger partial charge < -0.3 is 5.11 Å². The number of nitrogens with one attached hydrogen (secondary N) is 1. The number of carboxylic acid groups (broad SMARTS) is 1. The van der Waals surface area contributed by atoms with Crippen LogP contribution in [0.1, 0.15) is 19.8 Å². The van der Waals surface area contributed by atoms with Crippen LogP contribution in [0.25, 0.3) is 10.8 Å². The molecule has 1 unspecified atom stereocenters. The molecule has 0 aromatic heterocycles. The van der Waals surface area contributed by atoms with Crippen LogP contribution < -0.4 is 5.32 Å². The van der Waals surface area contributed by atoms with Crippen molar-refractivity contribution in [2.45, 2.75) is 36.2 Å². The Balaban J connectivity index is 1.73. The van der Waals surface area contributed by atoms with Crippen LogP contribution in [0, 0.1) is 0 Å². The molecule has 0 bridgehead atoms. The largest absolute Gasteiger partial charge is 0.480 e. The second-order valence-electron chi connectivity index (χ2n) is 5.85. The van der Waals surface area contributed by atoms with E-state index in [1.54, 1.807) is 18.7 Å². The third-order valence-electron chi connectivity index (χ3n) is 3.82. The predicted molar refractivity (Wildman–Crippen MR) is 86.9 cm³/mol. The van der Waals surface area contributed by atoms with Crippen molar-refractivity contribution in [2.75, 3.05) is 5.75 Å². The number of hydrogen-bond donors (Lipinski definition) is 2. The monoisotopic (exact) mass is 301 g/mol. The Bertz CT molecular complexity index is 669. The summed E-state index contributed by atoms with van der Waals surface area (Å²) in [7, 11) is 0. The first kappa shape index (κ1) is 14.4. The summed E-state index contributed by atoms with van der Waals surface area (Å²) >= 11 is 1.60. The molecule has 0 amide bonds. The first-order chi connectivity index (χ1) is 10.1. The van der Waals surface area contributed by atoms with Crippen molar-refractivity contribution in [2.24, 2.45) is 0 Å². The summed E-state index contributed by atoms with van der Waals surface area (Å²) in [5.74, 6) is -0.250. The van der Waals surface area contributed by atoms with E-state index in [-0.39, 0.29) is 0 Å². The number of thioether (sulfide) groups is 1. The van der Waals surface area contributed by atoms with Crippen LogP contribution in [0.5, 0.6) is 0 Å². The summed E-state index contributed by atoms with van der Waals surface area (Å²) in [5, 5.41) is 15.1. The van der Waals surface area contributed by atoms with Gasteiger partial charge >= 0.3 is 5.97 Å². The third kappa shape index (κ3) is 3.39. The number of hydrogen-bond acceptors (Lipinski definition) is 3. The highest BCUT2D eigenvalue weighted by molar-refractivity contribution is 7.99. The molecule has 0 spiro atoms. The van der Waals surface area contributed by atoms with E-state index in [2.05, 4.69) is 35.6 Å². The van der Waals surface area contributed by atoms with Crippen molar-refractivity contribution in [3.63, 3.8) is 0 Å². The van der Waals surface area contributed by atoms with Crippen LogP contribution in [0.3, 0.4) is 0 Å². The Morgan fingerprint density at radius 2 is 2.00 bits per heavy atom. The molecule has 110 valence electrons. The van der Waals surface area contributed by atoms with Gasteiger partial charge in [0.2, 0.25) is 0 Å². The third-order valence-corrected chi connectivity index (χ3v) is 5.13. The number of benzene rings is 2. The first-order valence-corrected chi connectivity index (χ1v) is 8.18. The Morgan fingerprint density at radius 1 is 1.29 bits per heavy atom. The first-order valence-electron chi connectivity index (χ1n) is 7.19. The van der Waals surface area contributed by atoms with E-state index in [9.17, 15) is 9.90 Å². The highest BCUT2D eigenvalue weighted by atomic mass is 32.2. The minimum Gasteiger partial charge on any atom is -0.480 e. The van der Waals surface area contributed by atoms with Gasteiger partial charge in [-0.25, -0.2) is 0 Å². The molecule has 1 fully saturated rings. The Morgan fingerprint density at radius 3 is 2.67 bits per heavy atom. The fraction of sp³-hybridized carbons (Fsp3) is 0.353. The van der Waals surface area contributed by atoms with Gasteiger partial charge in [0.05, 0.1) is 0 Å². The lowest BCUT2D eigenvalue weighted by Gasteiger charge is -2.26. The topological polar surface area (TPSA) is 49.3 Å². The van der Waals surface area contributed by atoms with Gasteiger partial charge in [0.1, 0.15) is 5.54 Å². The zero-order chi connectivity index (χ0) is 14.9. The zero-order valence-electron chi connectivity index (χ0n) is 12.0. The fourth-order valence-electron chi connectivity index (χ4n) is 2.33. The predicted octanol–water partition coefficient (Wildman–Crippen LogP) is 3.53. The molecule has 1 aliphatic carbocycles. The number of aliphatic carboxylic acids is 1. The van der Waals surface area contributed by atoms with Crippen molar-refractivity contribution in [3.05, 3.63) is 42.5 Å². The summed E-state index contributed by atoms with van der Waals surface area (Å²) in [5.41, 5.74) is -0.864. The standard InChI is InChI=1S/C17H19NO2S/c1-17(16(19)20,18-14-7-8-14)11-21-15-9-6-12-4-2-3-5-13(12)10-15/h2-6,9-10,14,18H,7-8,11H2,1H3,(H,19,20). The summed E-state index contributed by atoms with van der Waals surface area (Å²) in [6.45, 7) is 1.78. The average Bonchev–Trinajstić information content (AvgIpc) is 3.28. The van der Waals surface area contributed by atoms with Crippen molar-refractivity contribution >= 4 is 28.5 Å². The number of carboxylic acids is 1. The van der Waals surface area contributed by atoms with Gasteiger partial charge in [0.25, 0.3) is 0 Å². The molecule has 21 heavy (non-hydrogen) atoms. The van der Waals surface area contributed by atoms with E-state index in [4.69, 9.17) is 0 Å². The molecule has 1 atom stereocenters. The van der Waals surface area contributed by atoms with Gasteiger partial charge in [-0.2, -0.15) is 0 Å². The Labute approximate surface area is 128 Å². The van der Waals surface area contributed by atoms with E-state index in [0.29, 0.717) is 11.8 Å². The number of rotatable bonds is 6. The fourth-order valence-corrected chi connectivity index (χ4v) is 3.36. The van der Waals surface area contributed by atoms with Crippen molar-refractivity contribution in [1.82, 2.24) is 5.32 Å². The molecular weight excluding hydrogens is 282 g/mol. The molecule has 3 rings (SSSR count). The van der Waals surface area contributed by atoms with Crippen molar-refractivity contribution in [3.8, 4) is 0 Å². The summed E-state index contributed by atoms with van der Waals surface area (Å²) in [4.78, 5) is 12.7. The van der Waals surface area contributed by atoms with E-state index in [0.717, 1.165) is 17.7 Å². The van der Waals surface area contributed by atoms with E-state index < -0.39 is 11.5 Å².